The average Bonchev–Trinajstić information content (AvgIpc) is 2.94. The number of nitrogens with two attached hydrogens (primary N) is 1. The number of nitrogen functional groups attached to an aromatic ring is 1. The van der Waals surface area contributed by atoms with Gasteiger partial charge in [0.05, 0.1) is 34.1 Å². The second kappa shape index (κ2) is 7.28. The first-order valence-electron chi connectivity index (χ1n) is 6.49. The SMILES string of the molecule is CCOC(=O)c1cc(N)cc(Cl)c1NCCc1cscn1. The van der Waals surface area contributed by atoms with Crippen molar-refractivity contribution in [2.24, 2.45) is 0 Å². The summed E-state index contributed by atoms with van der Waals surface area (Å²) >= 11 is 7.73. The largest absolute Gasteiger partial charge is 0.462 e. The highest BCUT2D eigenvalue weighted by Crippen LogP contribution is 2.29. The molecule has 21 heavy (non-hydrogen) atoms. The number of nitrogens with zero attached hydrogens (tertiary/aromatic N) is 1. The smallest absolute Gasteiger partial charge is 0.340 e. The molecule has 0 fully saturated rings. The minimum Gasteiger partial charge on any atom is -0.462 e. The van der Waals surface area contributed by atoms with E-state index in [-0.39, 0.29) is 0 Å². The fourth-order valence-electron chi connectivity index (χ4n) is 1.85. The van der Waals surface area contributed by atoms with Crippen LogP contribution in [0.1, 0.15) is 23.0 Å². The number of hydrogen-bond acceptors (Lipinski definition) is 6. The summed E-state index contributed by atoms with van der Waals surface area (Å²) in [6, 6.07) is 3.17. The van der Waals surface area contributed by atoms with Gasteiger partial charge in [-0.25, -0.2) is 9.78 Å². The number of nitrogens with one attached hydrogen (secondary N) is 1. The van der Waals surface area contributed by atoms with Gasteiger partial charge in [-0.3, -0.25) is 0 Å². The van der Waals surface area contributed by atoms with E-state index in [2.05, 4.69) is 10.3 Å². The van der Waals surface area contributed by atoms with Gasteiger partial charge in [-0.15, -0.1) is 11.3 Å². The topological polar surface area (TPSA) is 77.2 Å². The van der Waals surface area contributed by atoms with Gasteiger partial charge in [-0.05, 0) is 19.1 Å². The van der Waals surface area contributed by atoms with Crippen molar-refractivity contribution in [1.82, 2.24) is 4.98 Å². The summed E-state index contributed by atoms with van der Waals surface area (Å²) in [5.74, 6) is -0.442. The van der Waals surface area contributed by atoms with E-state index in [1.54, 1.807) is 35.9 Å². The van der Waals surface area contributed by atoms with E-state index in [1.807, 2.05) is 5.38 Å². The number of rotatable bonds is 6. The van der Waals surface area contributed by atoms with E-state index < -0.39 is 5.97 Å². The number of esters is 1. The molecule has 5 nitrogen and oxygen atoms in total. The quantitative estimate of drug-likeness (QED) is 0.630. The third-order valence-corrected chi connectivity index (χ3v) is 3.71. The van der Waals surface area contributed by atoms with Crippen molar-refractivity contribution in [2.75, 3.05) is 24.2 Å². The number of anilines is 2. The Balaban J connectivity index is 2.14. The molecule has 3 N–H and O–H groups in total. The number of hydrogen-bond donors (Lipinski definition) is 2. The Morgan fingerprint density at radius 2 is 2.33 bits per heavy atom. The van der Waals surface area contributed by atoms with Crippen molar-refractivity contribution >= 4 is 40.3 Å². The van der Waals surface area contributed by atoms with Gasteiger partial charge in [0, 0.05) is 24.0 Å². The lowest BCUT2D eigenvalue weighted by Gasteiger charge is -2.13. The lowest BCUT2D eigenvalue weighted by molar-refractivity contribution is 0.0527. The van der Waals surface area contributed by atoms with Crippen LogP contribution < -0.4 is 11.1 Å². The molecule has 0 atom stereocenters. The van der Waals surface area contributed by atoms with Crippen LogP contribution in [0.15, 0.2) is 23.0 Å². The molecule has 0 unspecified atom stereocenters. The molecule has 2 aromatic rings. The van der Waals surface area contributed by atoms with Gasteiger partial charge in [0.25, 0.3) is 0 Å². The molecule has 0 radical (unpaired) electrons. The van der Waals surface area contributed by atoms with Crippen molar-refractivity contribution in [1.29, 1.82) is 0 Å². The van der Waals surface area contributed by atoms with E-state index in [0.29, 0.717) is 35.1 Å². The highest BCUT2D eigenvalue weighted by Gasteiger charge is 2.16. The standard InChI is InChI=1S/C14H16ClN3O2S/c1-2-20-14(19)11-5-9(16)6-12(15)13(11)17-4-3-10-7-21-8-18-10/h5-8,17H,2-4,16H2,1H3. The van der Waals surface area contributed by atoms with Crippen LogP contribution in [0.25, 0.3) is 0 Å². The van der Waals surface area contributed by atoms with Gasteiger partial charge in [0.2, 0.25) is 0 Å². The van der Waals surface area contributed by atoms with Crippen molar-refractivity contribution < 1.29 is 9.53 Å². The first-order chi connectivity index (χ1) is 10.1. The molecule has 0 aliphatic heterocycles. The second-order valence-electron chi connectivity index (χ2n) is 4.30. The third kappa shape index (κ3) is 4.09. The van der Waals surface area contributed by atoms with Gasteiger partial charge in [-0.1, -0.05) is 11.6 Å². The Labute approximate surface area is 132 Å². The number of ether oxygens (including phenoxy) is 1. The van der Waals surface area contributed by atoms with Gasteiger partial charge in [-0.2, -0.15) is 0 Å². The van der Waals surface area contributed by atoms with Crippen LogP contribution in [0, 0.1) is 0 Å². The maximum atomic E-state index is 12.0. The first-order valence-corrected chi connectivity index (χ1v) is 7.81. The van der Waals surface area contributed by atoms with Crippen LogP contribution >= 0.6 is 22.9 Å². The predicted molar refractivity (Wildman–Crippen MR) is 86.1 cm³/mol. The van der Waals surface area contributed by atoms with Crippen LogP contribution in [-0.4, -0.2) is 24.1 Å². The Kier molecular flexibility index (Phi) is 5.41. The van der Waals surface area contributed by atoms with E-state index in [1.165, 1.54) is 0 Å². The van der Waals surface area contributed by atoms with Crippen LogP contribution in [-0.2, 0) is 11.2 Å². The molecule has 7 heteroatoms. The number of aromatic nitrogens is 1. The zero-order chi connectivity index (χ0) is 15.2. The minimum absolute atomic E-state index is 0.295. The van der Waals surface area contributed by atoms with Crippen LogP contribution in [0.2, 0.25) is 5.02 Å². The molecule has 1 aromatic heterocycles. The molecule has 0 saturated heterocycles. The average molecular weight is 326 g/mol. The van der Waals surface area contributed by atoms with Crippen LogP contribution in [0.5, 0.6) is 0 Å². The Hall–Kier alpha value is -1.79. The normalized spacial score (nSPS) is 10.4. The summed E-state index contributed by atoms with van der Waals surface area (Å²) in [7, 11) is 0. The van der Waals surface area contributed by atoms with Crippen molar-refractivity contribution in [2.45, 2.75) is 13.3 Å². The van der Waals surface area contributed by atoms with Crippen molar-refractivity contribution in [3.8, 4) is 0 Å². The van der Waals surface area contributed by atoms with E-state index >= 15 is 0 Å². The summed E-state index contributed by atoms with van der Waals surface area (Å²) in [5.41, 5.74) is 9.84. The van der Waals surface area contributed by atoms with Crippen LogP contribution in [0.4, 0.5) is 11.4 Å². The van der Waals surface area contributed by atoms with E-state index in [4.69, 9.17) is 22.1 Å². The fourth-order valence-corrected chi connectivity index (χ4v) is 2.74. The molecular formula is C14H16ClN3O2S. The van der Waals surface area contributed by atoms with Gasteiger partial charge < -0.3 is 15.8 Å². The van der Waals surface area contributed by atoms with E-state index in [9.17, 15) is 4.79 Å². The molecule has 1 aromatic carbocycles. The van der Waals surface area contributed by atoms with E-state index in [0.717, 1.165) is 12.1 Å². The molecule has 2 rings (SSSR count). The molecular weight excluding hydrogens is 310 g/mol. The summed E-state index contributed by atoms with van der Waals surface area (Å²) < 4.78 is 5.03. The Morgan fingerprint density at radius 1 is 1.52 bits per heavy atom. The first kappa shape index (κ1) is 15.6. The monoisotopic (exact) mass is 325 g/mol. The predicted octanol–water partition coefficient (Wildman–Crippen LogP) is 3.21. The summed E-state index contributed by atoms with van der Waals surface area (Å²) in [6.45, 7) is 2.66. The van der Waals surface area contributed by atoms with Crippen LogP contribution in [0.3, 0.4) is 0 Å². The summed E-state index contributed by atoms with van der Waals surface area (Å²) in [6.07, 6.45) is 0.743. The Bertz CT molecular complexity index is 617. The maximum absolute atomic E-state index is 12.0. The molecule has 0 bridgehead atoms. The number of benzene rings is 1. The minimum atomic E-state index is -0.442. The molecule has 0 saturated carbocycles. The molecule has 112 valence electrons. The summed E-state index contributed by atoms with van der Waals surface area (Å²) in [4.78, 5) is 16.2. The summed E-state index contributed by atoms with van der Waals surface area (Å²) in [5, 5.41) is 5.55. The van der Waals surface area contributed by atoms with Gasteiger partial charge in [0.15, 0.2) is 0 Å². The lowest BCUT2D eigenvalue weighted by Crippen LogP contribution is -2.13. The number of carbonyl (C=O) groups excluding carboxylic acids is 1. The molecule has 0 amide bonds. The second-order valence-corrected chi connectivity index (χ2v) is 5.43. The number of halogens is 1. The molecule has 0 spiro atoms. The number of carbonyl (C=O) groups is 1. The van der Waals surface area contributed by atoms with Crippen molar-refractivity contribution in [3.63, 3.8) is 0 Å². The zero-order valence-electron chi connectivity index (χ0n) is 11.6. The van der Waals surface area contributed by atoms with Gasteiger partial charge in [0.1, 0.15) is 0 Å². The van der Waals surface area contributed by atoms with Gasteiger partial charge >= 0.3 is 5.97 Å². The number of thiazole rings is 1. The Morgan fingerprint density at radius 3 is 3.00 bits per heavy atom. The highest BCUT2D eigenvalue weighted by molar-refractivity contribution is 7.07. The third-order valence-electron chi connectivity index (χ3n) is 2.77. The lowest BCUT2D eigenvalue weighted by atomic mass is 10.1. The fraction of sp³-hybridized carbons (Fsp3) is 0.286. The molecule has 0 aliphatic carbocycles. The maximum Gasteiger partial charge on any atom is 0.340 e. The zero-order valence-corrected chi connectivity index (χ0v) is 13.1. The molecule has 1 heterocycles. The molecule has 0 aliphatic rings. The highest BCUT2D eigenvalue weighted by atomic mass is 35.5. The van der Waals surface area contributed by atoms with Crippen molar-refractivity contribution in [3.05, 3.63) is 39.3 Å².